The van der Waals surface area contributed by atoms with Gasteiger partial charge in [-0.1, -0.05) is 26.2 Å². The Kier molecular flexibility index (Phi) is 9.40. The van der Waals surface area contributed by atoms with E-state index >= 15 is 0 Å². The van der Waals surface area contributed by atoms with Gasteiger partial charge in [0, 0.05) is 6.42 Å². The van der Waals surface area contributed by atoms with Crippen LogP contribution in [0.5, 0.6) is 0 Å². The van der Waals surface area contributed by atoms with Gasteiger partial charge in [-0.05, 0) is 32.9 Å². The van der Waals surface area contributed by atoms with Crippen molar-refractivity contribution in [1.82, 2.24) is 0 Å². The fraction of sp³-hybridized carbons (Fsp3) is 0.929. The van der Waals surface area contributed by atoms with Crippen LogP contribution in [0.1, 0.15) is 59.8 Å². The Labute approximate surface area is 119 Å². The average Bonchev–Trinajstić information content (AvgIpc) is 2.24. The van der Waals surface area contributed by atoms with Crippen LogP contribution in [0.3, 0.4) is 0 Å². The molecule has 19 heavy (non-hydrogen) atoms. The molecule has 0 bridgehead atoms. The normalized spacial score (nSPS) is 13.6. The zero-order chi connectivity index (χ0) is 14.9. The number of halogens is 2. The largest absolute Gasteiger partial charge is 0.459 e. The van der Waals surface area contributed by atoms with E-state index < -0.39 is 12.0 Å². The highest BCUT2D eigenvalue weighted by atomic mass is 32.2. The lowest BCUT2D eigenvalue weighted by Crippen LogP contribution is -2.30. The van der Waals surface area contributed by atoms with Crippen LogP contribution in [0, 0.1) is 0 Å². The van der Waals surface area contributed by atoms with Crippen molar-refractivity contribution in [2.75, 3.05) is 5.75 Å². The molecule has 0 amide bonds. The number of hydrogen-bond acceptors (Lipinski definition) is 3. The molecular formula is C14H26F2O2S. The number of carbonyl (C=O) groups excluding carboxylic acids is 1. The smallest absolute Gasteiger partial charge is 0.319 e. The molecular weight excluding hydrogens is 270 g/mol. The van der Waals surface area contributed by atoms with Crippen LogP contribution >= 0.6 is 11.8 Å². The van der Waals surface area contributed by atoms with E-state index in [1.165, 1.54) is 11.8 Å². The molecule has 0 spiro atoms. The van der Waals surface area contributed by atoms with E-state index in [0.717, 1.165) is 19.3 Å². The number of unbranched alkanes of at least 4 members (excludes halogenated alkanes) is 2. The summed E-state index contributed by atoms with van der Waals surface area (Å²) < 4.78 is 29.6. The predicted octanol–water partition coefficient (Wildman–Crippen LogP) is 4.67. The van der Waals surface area contributed by atoms with Gasteiger partial charge in [-0.25, -0.2) is 8.78 Å². The molecule has 0 aliphatic heterocycles. The maximum atomic E-state index is 12.1. The molecule has 0 aromatic rings. The maximum absolute atomic E-state index is 12.1. The van der Waals surface area contributed by atoms with E-state index in [9.17, 15) is 13.6 Å². The topological polar surface area (TPSA) is 26.3 Å². The van der Waals surface area contributed by atoms with Crippen LogP contribution in [-0.4, -0.2) is 29.0 Å². The SMILES string of the molecule is CCCCCC(SCCC(F)F)C(=O)OC(C)(C)C. The molecule has 0 aliphatic rings. The van der Waals surface area contributed by atoms with Gasteiger partial charge in [0.25, 0.3) is 0 Å². The standard InChI is InChI=1S/C14H26F2O2S/c1-5-6-7-8-11(19-10-9-12(15)16)13(17)18-14(2,3)4/h11-12H,5-10H2,1-4H3. The summed E-state index contributed by atoms with van der Waals surface area (Å²) in [5.74, 6) is 0.0242. The summed E-state index contributed by atoms with van der Waals surface area (Å²) in [6.07, 6.45) is 1.29. The Morgan fingerprint density at radius 1 is 1.21 bits per heavy atom. The van der Waals surface area contributed by atoms with Crippen molar-refractivity contribution in [3.63, 3.8) is 0 Å². The quantitative estimate of drug-likeness (QED) is 0.457. The monoisotopic (exact) mass is 296 g/mol. The number of rotatable bonds is 9. The van der Waals surface area contributed by atoms with Gasteiger partial charge in [-0.15, -0.1) is 11.8 Å². The third-order valence-electron chi connectivity index (χ3n) is 2.39. The van der Waals surface area contributed by atoms with Gasteiger partial charge in [-0.2, -0.15) is 0 Å². The first-order chi connectivity index (χ1) is 8.76. The zero-order valence-electron chi connectivity index (χ0n) is 12.4. The second-order valence-electron chi connectivity index (χ2n) is 5.57. The van der Waals surface area contributed by atoms with Crippen LogP contribution in [0.4, 0.5) is 8.78 Å². The van der Waals surface area contributed by atoms with E-state index in [4.69, 9.17) is 4.74 Å². The molecule has 0 aliphatic carbocycles. The first-order valence-corrected chi connectivity index (χ1v) is 7.93. The lowest BCUT2D eigenvalue weighted by Gasteiger charge is -2.23. The summed E-state index contributed by atoms with van der Waals surface area (Å²) in [6.45, 7) is 7.54. The van der Waals surface area contributed by atoms with E-state index in [0.29, 0.717) is 12.2 Å². The molecule has 0 fully saturated rings. The lowest BCUT2D eigenvalue weighted by atomic mass is 10.1. The molecule has 0 heterocycles. The summed E-state index contributed by atoms with van der Waals surface area (Å²) in [4.78, 5) is 12.0. The molecule has 2 nitrogen and oxygen atoms in total. The number of thioether (sulfide) groups is 1. The molecule has 0 saturated carbocycles. The minimum Gasteiger partial charge on any atom is -0.459 e. The Hall–Kier alpha value is -0.320. The van der Waals surface area contributed by atoms with Crippen LogP contribution in [0.15, 0.2) is 0 Å². The molecule has 0 aromatic heterocycles. The first kappa shape index (κ1) is 18.7. The fourth-order valence-corrected chi connectivity index (χ4v) is 2.63. The average molecular weight is 296 g/mol. The van der Waals surface area contributed by atoms with E-state index in [-0.39, 0.29) is 17.6 Å². The van der Waals surface area contributed by atoms with Crippen molar-refractivity contribution in [3.05, 3.63) is 0 Å². The van der Waals surface area contributed by atoms with Gasteiger partial charge < -0.3 is 4.74 Å². The Bertz CT molecular complexity index is 252. The molecule has 0 aromatic carbocycles. The van der Waals surface area contributed by atoms with Crippen LogP contribution in [-0.2, 0) is 9.53 Å². The lowest BCUT2D eigenvalue weighted by molar-refractivity contribution is -0.154. The fourth-order valence-electron chi connectivity index (χ4n) is 1.52. The minimum absolute atomic E-state index is 0.169. The molecule has 0 rings (SSSR count). The number of hydrogen-bond donors (Lipinski definition) is 0. The predicted molar refractivity (Wildman–Crippen MR) is 76.9 cm³/mol. The van der Waals surface area contributed by atoms with Gasteiger partial charge in [0.2, 0.25) is 6.43 Å². The van der Waals surface area contributed by atoms with Crippen LogP contribution in [0.2, 0.25) is 0 Å². The molecule has 114 valence electrons. The number of esters is 1. The summed E-state index contributed by atoms with van der Waals surface area (Å²) in [5, 5.41) is -0.315. The van der Waals surface area contributed by atoms with Gasteiger partial charge in [0.1, 0.15) is 10.9 Å². The van der Waals surface area contributed by atoms with Gasteiger partial charge in [0.05, 0.1) is 0 Å². The number of ether oxygens (including phenoxy) is 1. The van der Waals surface area contributed by atoms with Crippen molar-refractivity contribution in [1.29, 1.82) is 0 Å². The molecule has 1 atom stereocenters. The number of carbonyl (C=O) groups is 1. The summed E-state index contributed by atoms with van der Waals surface area (Å²) >= 11 is 1.29. The highest BCUT2D eigenvalue weighted by Gasteiger charge is 2.25. The van der Waals surface area contributed by atoms with Crippen molar-refractivity contribution in [2.24, 2.45) is 0 Å². The van der Waals surface area contributed by atoms with Crippen molar-refractivity contribution >= 4 is 17.7 Å². The zero-order valence-corrected chi connectivity index (χ0v) is 13.2. The van der Waals surface area contributed by atoms with Crippen molar-refractivity contribution < 1.29 is 18.3 Å². The van der Waals surface area contributed by atoms with Crippen molar-refractivity contribution in [2.45, 2.75) is 77.1 Å². The second-order valence-corrected chi connectivity index (χ2v) is 6.88. The second kappa shape index (κ2) is 9.56. The first-order valence-electron chi connectivity index (χ1n) is 6.89. The van der Waals surface area contributed by atoms with E-state index in [2.05, 4.69) is 6.92 Å². The Morgan fingerprint density at radius 2 is 1.84 bits per heavy atom. The molecule has 0 N–H and O–H groups in total. The third kappa shape index (κ3) is 11.2. The highest BCUT2D eigenvalue weighted by Crippen LogP contribution is 2.23. The number of alkyl halides is 2. The van der Waals surface area contributed by atoms with Crippen LogP contribution in [0.25, 0.3) is 0 Å². The maximum Gasteiger partial charge on any atom is 0.319 e. The van der Waals surface area contributed by atoms with E-state index in [1.54, 1.807) is 0 Å². The third-order valence-corrected chi connectivity index (χ3v) is 3.70. The van der Waals surface area contributed by atoms with Crippen molar-refractivity contribution in [3.8, 4) is 0 Å². The van der Waals surface area contributed by atoms with E-state index in [1.807, 2.05) is 20.8 Å². The molecule has 0 saturated heterocycles. The highest BCUT2D eigenvalue weighted by molar-refractivity contribution is 8.00. The Balaban J connectivity index is 4.26. The summed E-state index contributed by atoms with van der Waals surface area (Å²) in [5.41, 5.74) is -0.524. The summed E-state index contributed by atoms with van der Waals surface area (Å²) in [6, 6.07) is 0. The Morgan fingerprint density at radius 3 is 2.32 bits per heavy atom. The van der Waals surface area contributed by atoms with Gasteiger partial charge in [-0.3, -0.25) is 4.79 Å². The van der Waals surface area contributed by atoms with Gasteiger partial charge >= 0.3 is 5.97 Å². The van der Waals surface area contributed by atoms with Gasteiger partial charge in [0.15, 0.2) is 0 Å². The molecule has 1 unspecified atom stereocenters. The molecule has 5 heteroatoms. The summed E-state index contributed by atoms with van der Waals surface area (Å²) in [7, 11) is 0. The minimum atomic E-state index is -2.30. The molecule has 0 radical (unpaired) electrons. The van der Waals surface area contributed by atoms with Crippen LogP contribution < -0.4 is 0 Å².